The minimum atomic E-state index is -5.24. The number of Topliss-reactive ketones (excluding diaryl/α,β-unsaturated/α-hetero) is 1. The molecule has 0 unspecified atom stereocenters. The van der Waals surface area contributed by atoms with Gasteiger partial charge in [-0.2, -0.15) is 0 Å². The first kappa shape index (κ1) is 87.8. The molecular formula is C70H135NO20P2. The summed E-state index contributed by atoms with van der Waals surface area (Å²) in [4.78, 5) is 67.3. The highest BCUT2D eigenvalue weighted by Gasteiger charge is 2.53. The number of rotatable bonds is 65. The number of hydrogen-bond donors (Lipinski definition) is 6. The fraction of sp³-hybridized carbons (Fsp3) is 0.943. The lowest BCUT2D eigenvalue weighted by Gasteiger charge is -2.47. The standard InChI is InChI=1S/C70H135NO20P2/c1-7-11-15-19-22-25-27-28-29-30-31-33-36-40-44-48-62(73)71-63-66(84-53-50-59(82-6)47-43-38-18-14-10-4)65(91-93(78,79)80)61(56-81-5)90-69(63)87-57-60-64(74)67(83-51-45-41-37-34-26-23-20-16-12-8-2)68(70(89-60)86-54-55-88-92(75,76)77)85-52-49-58(72)46-42-39-35-32-24-21-17-13-9-3/h28-29,59-61,63-70,74H,7-27,30-57H2,1-6H3,(H,71,73)(H2,75,76,77)(H2,78,79,80)/b29-28+/t59-,60-,61-,63-,64-,65-,66-,67+,68-,69-,70+/m1/s1. The van der Waals surface area contributed by atoms with Crippen molar-refractivity contribution >= 4 is 27.3 Å². The number of methoxy groups -OCH3 is 2. The molecule has 2 heterocycles. The molecule has 0 aromatic carbocycles. The first-order valence-corrected chi connectivity index (χ1v) is 40.1. The Labute approximate surface area is 562 Å². The monoisotopic (exact) mass is 1370 g/mol. The summed E-state index contributed by atoms with van der Waals surface area (Å²) >= 11 is 0. The largest absolute Gasteiger partial charge is 0.470 e. The number of amides is 1. The van der Waals surface area contributed by atoms with E-state index in [-0.39, 0.29) is 63.7 Å². The summed E-state index contributed by atoms with van der Waals surface area (Å²) < 4.78 is 91.5. The van der Waals surface area contributed by atoms with E-state index in [0.717, 1.165) is 128 Å². The molecule has 2 aliphatic rings. The molecule has 11 atom stereocenters. The van der Waals surface area contributed by atoms with Crippen molar-refractivity contribution < 1.29 is 95.1 Å². The molecule has 0 saturated carbocycles. The number of allylic oxidation sites excluding steroid dienone is 2. The summed E-state index contributed by atoms with van der Waals surface area (Å²) in [6.45, 7) is 7.47. The molecule has 1 amide bonds. The van der Waals surface area contributed by atoms with Gasteiger partial charge in [0.1, 0.15) is 54.6 Å². The number of phosphoric acid groups is 2. The average molecular weight is 1370 g/mol. The van der Waals surface area contributed by atoms with E-state index in [0.29, 0.717) is 25.7 Å². The zero-order chi connectivity index (χ0) is 68.1. The molecule has 0 aliphatic carbocycles. The highest BCUT2D eigenvalue weighted by Crippen LogP contribution is 2.43. The third kappa shape index (κ3) is 45.2. The maximum absolute atomic E-state index is 14.2. The Bertz CT molecular complexity index is 1900. The minimum Gasteiger partial charge on any atom is -0.387 e. The van der Waals surface area contributed by atoms with Gasteiger partial charge in [0.2, 0.25) is 5.91 Å². The number of phosphoric ester groups is 2. The summed E-state index contributed by atoms with van der Waals surface area (Å²) in [6.07, 6.45) is 35.1. The van der Waals surface area contributed by atoms with Crippen LogP contribution >= 0.6 is 15.6 Å². The van der Waals surface area contributed by atoms with Gasteiger partial charge in [-0.3, -0.25) is 18.6 Å². The maximum Gasteiger partial charge on any atom is 0.470 e. The van der Waals surface area contributed by atoms with Crippen molar-refractivity contribution in [3.63, 3.8) is 0 Å². The van der Waals surface area contributed by atoms with Gasteiger partial charge in [0.25, 0.3) is 0 Å². The molecule has 93 heavy (non-hydrogen) atoms. The number of unbranched alkanes of at least 4 members (excludes halogenated alkanes) is 32. The van der Waals surface area contributed by atoms with Crippen molar-refractivity contribution in [1.82, 2.24) is 5.32 Å². The van der Waals surface area contributed by atoms with E-state index in [1.54, 1.807) is 7.11 Å². The molecule has 0 aromatic rings. The third-order valence-electron chi connectivity index (χ3n) is 17.7. The van der Waals surface area contributed by atoms with E-state index >= 15 is 0 Å². The molecule has 550 valence electrons. The summed E-state index contributed by atoms with van der Waals surface area (Å²) in [7, 11) is -7.09. The fourth-order valence-electron chi connectivity index (χ4n) is 12.2. The third-order valence-corrected chi connectivity index (χ3v) is 18.7. The van der Waals surface area contributed by atoms with Gasteiger partial charge in [0, 0.05) is 46.7 Å². The highest BCUT2D eigenvalue weighted by molar-refractivity contribution is 7.46. The Kier molecular flexibility index (Phi) is 54.2. The number of hydrogen-bond acceptors (Lipinski definition) is 16. The second-order valence-electron chi connectivity index (χ2n) is 26.0. The Morgan fingerprint density at radius 3 is 1.46 bits per heavy atom. The molecule has 23 heteroatoms. The Balaban J connectivity index is 2.47. The van der Waals surface area contributed by atoms with Crippen molar-refractivity contribution in [3.05, 3.63) is 12.2 Å². The molecule has 21 nitrogen and oxygen atoms in total. The van der Waals surface area contributed by atoms with Crippen LogP contribution in [-0.2, 0) is 70.4 Å². The van der Waals surface area contributed by atoms with Crippen LogP contribution in [0, 0.1) is 0 Å². The Morgan fingerprint density at radius 1 is 0.452 bits per heavy atom. The van der Waals surface area contributed by atoms with Crippen LogP contribution in [0.3, 0.4) is 0 Å². The molecule has 2 aliphatic heterocycles. The zero-order valence-corrected chi connectivity index (χ0v) is 60.7. The molecule has 2 rings (SSSR count). The normalized spacial score (nSPS) is 22.5. The molecule has 0 bridgehead atoms. The number of aliphatic hydroxyl groups is 1. The predicted molar refractivity (Wildman–Crippen MR) is 365 cm³/mol. The van der Waals surface area contributed by atoms with Gasteiger partial charge < -0.3 is 72.6 Å². The maximum atomic E-state index is 14.2. The summed E-state index contributed by atoms with van der Waals surface area (Å²) in [5.41, 5.74) is 0. The number of nitrogens with one attached hydrogen (secondary N) is 1. The van der Waals surface area contributed by atoms with Crippen molar-refractivity contribution in [2.45, 2.75) is 365 Å². The number of carbonyl (C=O) groups excluding carboxylic acids is 2. The van der Waals surface area contributed by atoms with E-state index in [1.807, 2.05) is 0 Å². The van der Waals surface area contributed by atoms with Crippen molar-refractivity contribution in [3.8, 4) is 0 Å². The molecule has 6 N–H and O–H groups in total. The van der Waals surface area contributed by atoms with Gasteiger partial charge in [-0.25, -0.2) is 9.13 Å². The number of aliphatic hydroxyl groups excluding tert-OH is 1. The van der Waals surface area contributed by atoms with Crippen LogP contribution in [0.4, 0.5) is 0 Å². The molecule has 0 radical (unpaired) electrons. The number of ether oxygens (including phenoxy) is 9. The Hall–Kier alpha value is -1.30. The predicted octanol–water partition coefficient (Wildman–Crippen LogP) is 15.3. The van der Waals surface area contributed by atoms with Crippen LogP contribution in [0.2, 0.25) is 0 Å². The van der Waals surface area contributed by atoms with Crippen LogP contribution in [0.5, 0.6) is 0 Å². The van der Waals surface area contributed by atoms with E-state index in [1.165, 1.54) is 110 Å². The summed E-state index contributed by atoms with van der Waals surface area (Å²) in [5, 5.41) is 15.5. The van der Waals surface area contributed by atoms with Crippen LogP contribution in [0.25, 0.3) is 0 Å². The van der Waals surface area contributed by atoms with Crippen LogP contribution in [0.15, 0.2) is 12.2 Å². The number of carbonyl (C=O) groups is 2. The minimum absolute atomic E-state index is 0.0254. The van der Waals surface area contributed by atoms with E-state index in [4.69, 9.17) is 51.7 Å². The second kappa shape index (κ2) is 57.5. The van der Waals surface area contributed by atoms with Gasteiger partial charge in [0.15, 0.2) is 12.6 Å². The van der Waals surface area contributed by atoms with Crippen LogP contribution < -0.4 is 5.32 Å². The number of ketones is 1. The lowest BCUT2D eigenvalue weighted by Crippen LogP contribution is -2.67. The van der Waals surface area contributed by atoms with Gasteiger partial charge in [-0.15, -0.1) is 0 Å². The van der Waals surface area contributed by atoms with Crippen molar-refractivity contribution in [1.29, 1.82) is 0 Å². The first-order valence-electron chi connectivity index (χ1n) is 37.0. The molecule has 0 spiro atoms. The van der Waals surface area contributed by atoms with E-state index in [2.05, 4.69) is 45.2 Å². The highest BCUT2D eigenvalue weighted by atomic mass is 31.2. The van der Waals surface area contributed by atoms with Crippen LogP contribution in [0.1, 0.15) is 297 Å². The SMILES string of the molecule is CCCCCCCC/C=C/CCCCCCCC(=O)N[C@H]1[C@H](OC[C@H]2O[C@H](OCCOP(=O)(O)O)[C@H](OCCC(=O)CCCCCCCCCCC)[C@@H](OCCCCCCCCCCCC)[C@@H]2O)O[C@H](COC)[C@@H](OP(=O)(O)O)[C@@H]1OCC[C@@H](CCCCCCC)OC. The van der Waals surface area contributed by atoms with Crippen LogP contribution in [-0.4, -0.2) is 164 Å². The van der Waals surface area contributed by atoms with Gasteiger partial charge in [-0.05, 0) is 57.8 Å². The van der Waals surface area contributed by atoms with E-state index in [9.17, 15) is 43.4 Å². The quantitative estimate of drug-likeness (QED) is 0.0187. The first-order chi connectivity index (χ1) is 45.0. The molecule has 2 saturated heterocycles. The lowest BCUT2D eigenvalue weighted by molar-refractivity contribution is -0.331. The van der Waals surface area contributed by atoms with Crippen molar-refractivity contribution in [2.24, 2.45) is 0 Å². The lowest BCUT2D eigenvalue weighted by atomic mass is 9.95. The summed E-state index contributed by atoms with van der Waals surface area (Å²) in [5.74, 6) is -0.352. The van der Waals surface area contributed by atoms with Crippen molar-refractivity contribution in [2.75, 3.05) is 60.5 Å². The summed E-state index contributed by atoms with van der Waals surface area (Å²) in [6, 6.07) is -1.24. The fourth-order valence-corrected chi connectivity index (χ4v) is 13.1. The smallest absolute Gasteiger partial charge is 0.387 e. The van der Waals surface area contributed by atoms with Gasteiger partial charge in [0.05, 0.1) is 39.1 Å². The van der Waals surface area contributed by atoms with Gasteiger partial charge >= 0.3 is 15.6 Å². The topological polar surface area (TPSA) is 283 Å². The second-order valence-corrected chi connectivity index (χ2v) is 28.4. The van der Waals surface area contributed by atoms with E-state index < -0.39 is 90.2 Å². The Morgan fingerprint density at radius 2 is 0.935 bits per heavy atom. The average Bonchev–Trinajstić information content (AvgIpc) is 0.823. The van der Waals surface area contributed by atoms with Gasteiger partial charge in [-0.1, -0.05) is 232 Å². The molecule has 2 fully saturated rings. The zero-order valence-electron chi connectivity index (χ0n) is 58.9. The molecule has 0 aromatic heterocycles. The molecular weight excluding hydrogens is 1240 g/mol.